The van der Waals surface area contributed by atoms with Gasteiger partial charge in [0, 0.05) is 15.6 Å². The number of nitrogens with one attached hydrogen (secondary N) is 1. The van der Waals surface area contributed by atoms with Crippen molar-refractivity contribution in [3.8, 4) is 0 Å². The first kappa shape index (κ1) is 19.3. The highest BCUT2D eigenvalue weighted by Crippen LogP contribution is 2.23. The van der Waals surface area contributed by atoms with Crippen LogP contribution in [0.4, 0.5) is 5.69 Å². The number of carbonyl (C=O) groups is 2. The summed E-state index contributed by atoms with van der Waals surface area (Å²) in [6.45, 7) is 5.55. The molecule has 4 nitrogen and oxygen atoms in total. The molecule has 0 aromatic heterocycles. The summed E-state index contributed by atoms with van der Waals surface area (Å²) in [6.07, 6.45) is 0. The van der Waals surface area contributed by atoms with E-state index in [2.05, 4.69) is 5.32 Å². The Labute approximate surface area is 156 Å². The summed E-state index contributed by atoms with van der Waals surface area (Å²) in [5.41, 5.74) is 3.74. The van der Waals surface area contributed by atoms with E-state index in [0.29, 0.717) is 10.7 Å². The van der Waals surface area contributed by atoms with Gasteiger partial charge in [-0.25, -0.2) is 0 Å². The molecule has 0 spiro atoms. The molecule has 0 heterocycles. The van der Waals surface area contributed by atoms with Crippen LogP contribution in [-0.2, 0) is 14.3 Å². The summed E-state index contributed by atoms with van der Waals surface area (Å²) in [4.78, 5) is 24.7. The maximum Gasteiger partial charge on any atom is 0.316 e. The Balaban J connectivity index is 1.78. The Morgan fingerprint density at radius 2 is 1.80 bits per heavy atom. The van der Waals surface area contributed by atoms with Crippen molar-refractivity contribution in [3.05, 3.63) is 58.1 Å². The molecule has 0 saturated heterocycles. The van der Waals surface area contributed by atoms with Crippen molar-refractivity contribution in [2.24, 2.45) is 0 Å². The van der Waals surface area contributed by atoms with Gasteiger partial charge in [-0.2, -0.15) is 0 Å². The van der Waals surface area contributed by atoms with E-state index < -0.39 is 11.9 Å². The van der Waals surface area contributed by atoms with Gasteiger partial charge in [-0.3, -0.25) is 9.59 Å². The average Bonchev–Trinajstić information content (AvgIpc) is 2.57. The van der Waals surface area contributed by atoms with Crippen LogP contribution in [0.5, 0.6) is 0 Å². The molecule has 0 fully saturated rings. The van der Waals surface area contributed by atoms with Crippen LogP contribution in [0.2, 0.25) is 5.02 Å². The Hall–Kier alpha value is -1.98. The number of thioether (sulfide) groups is 1. The number of amides is 1. The van der Waals surface area contributed by atoms with Crippen LogP contribution in [0, 0.1) is 20.8 Å². The van der Waals surface area contributed by atoms with Crippen LogP contribution in [0.3, 0.4) is 0 Å². The smallest absolute Gasteiger partial charge is 0.316 e. The number of halogens is 1. The molecule has 2 aromatic rings. The predicted molar refractivity (Wildman–Crippen MR) is 102 cm³/mol. The lowest BCUT2D eigenvalue weighted by Gasteiger charge is -2.09. The number of aryl methyl sites for hydroxylation is 3. The van der Waals surface area contributed by atoms with Gasteiger partial charge >= 0.3 is 5.97 Å². The van der Waals surface area contributed by atoms with Gasteiger partial charge < -0.3 is 10.1 Å². The zero-order valence-electron chi connectivity index (χ0n) is 14.4. The third kappa shape index (κ3) is 6.11. The Morgan fingerprint density at radius 1 is 1.08 bits per heavy atom. The zero-order valence-corrected chi connectivity index (χ0v) is 16.0. The minimum Gasteiger partial charge on any atom is -0.455 e. The summed E-state index contributed by atoms with van der Waals surface area (Å²) in [6, 6.07) is 11.3. The standard InChI is InChI=1S/C19H20ClNO3S/c1-12-4-5-14(3)17(8-12)25-11-19(23)24-10-18(22)21-15-7-6-13(2)16(20)9-15/h4-9H,10-11H2,1-3H3,(H,21,22). The predicted octanol–water partition coefficient (Wildman–Crippen LogP) is 4.54. The minimum atomic E-state index is -0.428. The summed E-state index contributed by atoms with van der Waals surface area (Å²) in [5, 5.41) is 3.22. The zero-order chi connectivity index (χ0) is 18.4. The second-order valence-corrected chi connectivity index (χ2v) is 7.15. The molecule has 2 aromatic carbocycles. The maximum atomic E-state index is 11.8. The number of benzene rings is 2. The number of anilines is 1. The van der Waals surface area contributed by atoms with Crippen LogP contribution < -0.4 is 5.32 Å². The van der Waals surface area contributed by atoms with Gasteiger partial charge in [-0.1, -0.05) is 35.4 Å². The van der Waals surface area contributed by atoms with E-state index in [1.165, 1.54) is 11.8 Å². The number of hydrogen-bond acceptors (Lipinski definition) is 4. The summed E-state index contributed by atoms with van der Waals surface area (Å²) in [7, 11) is 0. The topological polar surface area (TPSA) is 55.4 Å². The molecule has 132 valence electrons. The fourth-order valence-electron chi connectivity index (χ4n) is 2.05. The normalized spacial score (nSPS) is 10.4. The molecule has 1 amide bonds. The molecule has 0 unspecified atom stereocenters. The van der Waals surface area contributed by atoms with Gasteiger partial charge in [0.05, 0.1) is 5.75 Å². The molecule has 0 aliphatic carbocycles. The lowest BCUT2D eigenvalue weighted by atomic mass is 10.2. The lowest BCUT2D eigenvalue weighted by molar-refractivity contribution is -0.144. The van der Waals surface area contributed by atoms with Gasteiger partial charge in [0.2, 0.25) is 0 Å². The number of hydrogen-bond donors (Lipinski definition) is 1. The third-order valence-corrected chi connectivity index (χ3v) is 5.05. The highest BCUT2D eigenvalue weighted by Gasteiger charge is 2.10. The second-order valence-electron chi connectivity index (χ2n) is 5.73. The van der Waals surface area contributed by atoms with Crippen LogP contribution in [0.25, 0.3) is 0 Å². The molecule has 25 heavy (non-hydrogen) atoms. The second kappa shape index (κ2) is 8.92. The SMILES string of the molecule is Cc1ccc(C)c(SCC(=O)OCC(=O)Nc2ccc(C)c(Cl)c2)c1. The van der Waals surface area contributed by atoms with Gasteiger partial charge in [0.1, 0.15) is 0 Å². The molecular weight excluding hydrogens is 358 g/mol. The monoisotopic (exact) mass is 377 g/mol. The van der Waals surface area contributed by atoms with E-state index in [1.54, 1.807) is 12.1 Å². The number of ether oxygens (including phenoxy) is 1. The molecule has 0 atom stereocenters. The van der Waals surface area contributed by atoms with Crippen molar-refractivity contribution in [2.45, 2.75) is 25.7 Å². The summed E-state index contributed by atoms with van der Waals surface area (Å²) < 4.78 is 5.02. The first-order valence-corrected chi connectivity index (χ1v) is 9.13. The Morgan fingerprint density at radius 3 is 2.52 bits per heavy atom. The van der Waals surface area contributed by atoms with E-state index in [1.807, 2.05) is 45.0 Å². The van der Waals surface area contributed by atoms with Crippen molar-refractivity contribution >= 4 is 40.9 Å². The summed E-state index contributed by atoms with van der Waals surface area (Å²) in [5.74, 6) is -0.665. The first-order chi connectivity index (χ1) is 11.8. The molecule has 0 bridgehead atoms. The Kier molecular flexibility index (Phi) is 6.91. The molecule has 0 saturated carbocycles. The number of rotatable bonds is 6. The molecule has 0 radical (unpaired) electrons. The Bertz CT molecular complexity index is 792. The van der Waals surface area contributed by atoms with Crippen molar-refractivity contribution in [3.63, 3.8) is 0 Å². The van der Waals surface area contributed by atoms with Crippen LogP contribution >= 0.6 is 23.4 Å². The quantitative estimate of drug-likeness (QED) is 0.593. The molecule has 2 rings (SSSR count). The van der Waals surface area contributed by atoms with E-state index in [0.717, 1.165) is 21.6 Å². The molecular formula is C19H20ClNO3S. The van der Waals surface area contributed by atoms with Crippen molar-refractivity contribution in [2.75, 3.05) is 17.7 Å². The molecule has 0 aliphatic rings. The number of carbonyl (C=O) groups excluding carboxylic acids is 2. The fourth-order valence-corrected chi connectivity index (χ4v) is 3.16. The van der Waals surface area contributed by atoms with E-state index in [4.69, 9.17) is 16.3 Å². The van der Waals surface area contributed by atoms with Crippen LogP contribution in [-0.4, -0.2) is 24.2 Å². The van der Waals surface area contributed by atoms with Crippen LogP contribution in [0.1, 0.15) is 16.7 Å². The fraction of sp³-hybridized carbons (Fsp3) is 0.263. The lowest BCUT2D eigenvalue weighted by Crippen LogP contribution is -2.21. The van der Waals surface area contributed by atoms with Gasteiger partial charge in [0.25, 0.3) is 5.91 Å². The first-order valence-electron chi connectivity index (χ1n) is 7.77. The highest BCUT2D eigenvalue weighted by molar-refractivity contribution is 8.00. The van der Waals surface area contributed by atoms with E-state index >= 15 is 0 Å². The average molecular weight is 378 g/mol. The van der Waals surface area contributed by atoms with Crippen LogP contribution in [0.15, 0.2) is 41.3 Å². The van der Waals surface area contributed by atoms with Crippen molar-refractivity contribution in [1.29, 1.82) is 0 Å². The molecule has 1 N–H and O–H groups in total. The highest BCUT2D eigenvalue weighted by atomic mass is 35.5. The van der Waals surface area contributed by atoms with Gasteiger partial charge in [0.15, 0.2) is 6.61 Å². The van der Waals surface area contributed by atoms with E-state index in [9.17, 15) is 9.59 Å². The van der Waals surface area contributed by atoms with Crippen molar-refractivity contribution in [1.82, 2.24) is 0 Å². The maximum absolute atomic E-state index is 11.8. The largest absolute Gasteiger partial charge is 0.455 e. The molecule has 0 aliphatic heterocycles. The minimum absolute atomic E-state index is 0.161. The van der Waals surface area contributed by atoms with Gasteiger partial charge in [-0.05, 0) is 50.1 Å². The third-order valence-electron chi connectivity index (χ3n) is 3.51. The summed E-state index contributed by atoms with van der Waals surface area (Å²) >= 11 is 7.41. The molecule has 6 heteroatoms. The van der Waals surface area contributed by atoms with Gasteiger partial charge in [-0.15, -0.1) is 11.8 Å². The van der Waals surface area contributed by atoms with Crippen molar-refractivity contribution < 1.29 is 14.3 Å². The number of esters is 1. The van der Waals surface area contributed by atoms with E-state index in [-0.39, 0.29) is 12.4 Å².